The van der Waals surface area contributed by atoms with Gasteiger partial charge < -0.3 is 9.64 Å². The second kappa shape index (κ2) is 7.86. The molecule has 2 fully saturated rings. The molecule has 0 N–H and O–H groups in total. The summed E-state index contributed by atoms with van der Waals surface area (Å²) < 4.78 is 7.38. The van der Waals surface area contributed by atoms with Crippen molar-refractivity contribution in [3.8, 4) is 5.95 Å². The van der Waals surface area contributed by atoms with Crippen LogP contribution in [0.15, 0.2) is 36.8 Å². The zero-order valence-electron chi connectivity index (χ0n) is 15.7. The average Bonchev–Trinajstić information content (AvgIpc) is 3.28. The number of likely N-dealkylation sites (tertiary alicyclic amines) is 2. The lowest BCUT2D eigenvalue weighted by molar-refractivity contribution is 0.0672. The van der Waals surface area contributed by atoms with E-state index in [2.05, 4.69) is 42.7 Å². The highest BCUT2D eigenvalue weighted by Crippen LogP contribution is 2.39. The third kappa shape index (κ3) is 3.82. The van der Waals surface area contributed by atoms with Gasteiger partial charge >= 0.3 is 0 Å². The van der Waals surface area contributed by atoms with Gasteiger partial charge in [-0.2, -0.15) is 0 Å². The lowest BCUT2D eigenvalue weighted by Crippen LogP contribution is -2.45. The first-order valence-corrected chi connectivity index (χ1v) is 9.65. The SMILES string of the molecule is COCCN1CCCC2(CCN(Cc3cccn3-c3ncccn3)C2)C1. The van der Waals surface area contributed by atoms with E-state index in [1.807, 2.05) is 6.07 Å². The van der Waals surface area contributed by atoms with Crippen molar-refractivity contribution in [2.45, 2.75) is 25.8 Å². The molecule has 140 valence electrons. The van der Waals surface area contributed by atoms with Crippen molar-refractivity contribution in [3.05, 3.63) is 42.5 Å². The van der Waals surface area contributed by atoms with E-state index in [1.54, 1.807) is 19.5 Å². The van der Waals surface area contributed by atoms with Crippen molar-refractivity contribution in [2.24, 2.45) is 5.41 Å². The molecule has 1 atom stereocenters. The molecular formula is C20H29N5O. The predicted octanol–water partition coefficient (Wildman–Crippen LogP) is 2.20. The van der Waals surface area contributed by atoms with Crippen molar-refractivity contribution in [2.75, 3.05) is 46.4 Å². The van der Waals surface area contributed by atoms with Gasteiger partial charge in [0.05, 0.1) is 6.61 Å². The van der Waals surface area contributed by atoms with E-state index in [4.69, 9.17) is 4.74 Å². The van der Waals surface area contributed by atoms with Crippen LogP contribution in [0.4, 0.5) is 0 Å². The number of aromatic nitrogens is 3. The minimum absolute atomic E-state index is 0.465. The lowest BCUT2D eigenvalue weighted by Gasteiger charge is -2.40. The Kier molecular flexibility index (Phi) is 5.33. The largest absolute Gasteiger partial charge is 0.383 e. The maximum absolute atomic E-state index is 5.28. The fourth-order valence-electron chi connectivity index (χ4n) is 4.60. The molecule has 1 unspecified atom stereocenters. The summed E-state index contributed by atoms with van der Waals surface area (Å²) in [5, 5.41) is 0. The van der Waals surface area contributed by atoms with Crippen LogP contribution in [-0.2, 0) is 11.3 Å². The quantitative estimate of drug-likeness (QED) is 0.795. The van der Waals surface area contributed by atoms with Crippen LogP contribution < -0.4 is 0 Å². The van der Waals surface area contributed by atoms with Crippen LogP contribution in [0, 0.1) is 5.41 Å². The number of nitrogens with zero attached hydrogens (tertiary/aromatic N) is 5. The van der Waals surface area contributed by atoms with E-state index >= 15 is 0 Å². The summed E-state index contributed by atoms with van der Waals surface area (Å²) in [6.45, 7) is 7.67. The van der Waals surface area contributed by atoms with Crippen molar-refractivity contribution in [1.29, 1.82) is 0 Å². The summed E-state index contributed by atoms with van der Waals surface area (Å²) in [4.78, 5) is 14.0. The molecule has 2 aromatic heterocycles. The number of piperidine rings is 1. The Bertz CT molecular complexity index is 703. The third-order valence-corrected chi connectivity index (χ3v) is 5.86. The molecule has 0 saturated carbocycles. The molecule has 2 aliphatic heterocycles. The summed E-state index contributed by atoms with van der Waals surface area (Å²) in [7, 11) is 1.79. The van der Waals surface area contributed by atoms with Crippen LogP contribution in [0.25, 0.3) is 5.95 Å². The molecular weight excluding hydrogens is 326 g/mol. The molecule has 4 rings (SSSR count). The Morgan fingerprint density at radius 2 is 1.92 bits per heavy atom. The van der Waals surface area contributed by atoms with Crippen molar-refractivity contribution in [3.63, 3.8) is 0 Å². The van der Waals surface area contributed by atoms with E-state index in [0.717, 1.165) is 25.6 Å². The zero-order valence-corrected chi connectivity index (χ0v) is 15.7. The van der Waals surface area contributed by atoms with Gasteiger partial charge in [0.2, 0.25) is 5.95 Å². The second-order valence-corrected chi connectivity index (χ2v) is 7.75. The van der Waals surface area contributed by atoms with Crippen LogP contribution in [0.3, 0.4) is 0 Å². The van der Waals surface area contributed by atoms with Crippen LogP contribution in [-0.4, -0.2) is 70.8 Å². The van der Waals surface area contributed by atoms with Gasteiger partial charge in [-0.3, -0.25) is 9.47 Å². The molecule has 2 aromatic rings. The second-order valence-electron chi connectivity index (χ2n) is 7.75. The number of rotatable bonds is 6. The molecule has 4 heterocycles. The molecule has 6 nitrogen and oxygen atoms in total. The first-order chi connectivity index (χ1) is 12.8. The Hall–Kier alpha value is -1.76. The molecule has 0 bridgehead atoms. The topological polar surface area (TPSA) is 46.4 Å². The zero-order chi connectivity index (χ0) is 17.8. The minimum Gasteiger partial charge on any atom is -0.383 e. The number of methoxy groups -OCH3 is 1. The normalized spacial score (nSPS) is 24.5. The average molecular weight is 355 g/mol. The molecule has 0 aromatic carbocycles. The van der Waals surface area contributed by atoms with Crippen molar-refractivity contribution in [1.82, 2.24) is 24.3 Å². The third-order valence-electron chi connectivity index (χ3n) is 5.86. The first-order valence-electron chi connectivity index (χ1n) is 9.65. The van der Waals surface area contributed by atoms with Gasteiger partial charge in [0, 0.05) is 57.6 Å². The molecule has 6 heteroatoms. The van der Waals surface area contributed by atoms with E-state index in [-0.39, 0.29) is 0 Å². The van der Waals surface area contributed by atoms with Crippen LogP contribution in [0.5, 0.6) is 0 Å². The van der Waals surface area contributed by atoms with E-state index < -0.39 is 0 Å². The Balaban J connectivity index is 1.40. The van der Waals surface area contributed by atoms with Gasteiger partial charge in [-0.15, -0.1) is 0 Å². The summed E-state index contributed by atoms with van der Waals surface area (Å²) in [5.74, 6) is 0.754. The smallest absolute Gasteiger partial charge is 0.233 e. The van der Waals surface area contributed by atoms with Gasteiger partial charge in [0.15, 0.2) is 0 Å². The lowest BCUT2D eigenvalue weighted by atomic mass is 9.79. The molecule has 2 saturated heterocycles. The molecule has 2 aliphatic rings. The van der Waals surface area contributed by atoms with Gasteiger partial charge in [-0.1, -0.05) is 0 Å². The van der Waals surface area contributed by atoms with Crippen LogP contribution in [0.1, 0.15) is 25.0 Å². The number of hydrogen-bond acceptors (Lipinski definition) is 5. The van der Waals surface area contributed by atoms with Crippen LogP contribution >= 0.6 is 0 Å². The van der Waals surface area contributed by atoms with Gasteiger partial charge in [0.1, 0.15) is 0 Å². The summed E-state index contributed by atoms with van der Waals surface area (Å²) >= 11 is 0. The summed E-state index contributed by atoms with van der Waals surface area (Å²) in [5.41, 5.74) is 1.73. The minimum atomic E-state index is 0.465. The Morgan fingerprint density at radius 1 is 1.08 bits per heavy atom. The van der Waals surface area contributed by atoms with Gasteiger partial charge in [0.25, 0.3) is 0 Å². The highest BCUT2D eigenvalue weighted by molar-refractivity contribution is 5.20. The Labute approximate surface area is 155 Å². The maximum Gasteiger partial charge on any atom is 0.233 e. The summed E-state index contributed by atoms with van der Waals surface area (Å²) in [6.07, 6.45) is 9.63. The Morgan fingerprint density at radius 3 is 2.77 bits per heavy atom. The molecule has 26 heavy (non-hydrogen) atoms. The summed E-state index contributed by atoms with van der Waals surface area (Å²) in [6, 6.07) is 6.13. The van der Waals surface area contributed by atoms with Gasteiger partial charge in [-0.05, 0) is 56.0 Å². The van der Waals surface area contributed by atoms with E-state index in [1.165, 1.54) is 51.1 Å². The van der Waals surface area contributed by atoms with Crippen LogP contribution in [0.2, 0.25) is 0 Å². The number of ether oxygens (including phenoxy) is 1. The van der Waals surface area contributed by atoms with Crippen molar-refractivity contribution < 1.29 is 4.74 Å². The van der Waals surface area contributed by atoms with Crippen molar-refractivity contribution >= 4 is 0 Å². The van der Waals surface area contributed by atoms with Gasteiger partial charge in [-0.25, -0.2) is 9.97 Å². The first kappa shape index (κ1) is 17.6. The molecule has 0 amide bonds. The molecule has 0 radical (unpaired) electrons. The molecule has 0 aliphatic carbocycles. The standard InChI is InChI=1S/C20H29N5O/c1-26-14-13-23-10-3-6-20(16-23)7-12-24(17-20)15-18-5-2-11-25(18)19-21-8-4-9-22-19/h2,4-5,8-9,11H,3,6-7,10,12-17H2,1H3. The molecule has 1 spiro atoms. The monoisotopic (exact) mass is 355 g/mol. The highest BCUT2D eigenvalue weighted by atomic mass is 16.5. The van der Waals surface area contributed by atoms with E-state index in [0.29, 0.717) is 5.41 Å². The fraction of sp³-hybridized carbons (Fsp3) is 0.600. The number of hydrogen-bond donors (Lipinski definition) is 0. The highest BCUT2D eigenvalue weighted by Gasteiger charge is 2.41. The van der Waals surface area contributed by atoms with E-state index in [9.17, 15) is 0 Å². The fourth-order valence-corrected chi connectivity index (χ4v) is 4.60. The predicted molar refractivity (Wildman–Crippen MR) is 101 cm³/mol. The maximum atomic E-state index is 5.28.